The molecule has 1 aliphatic carbocycles. The van der Waals surface area contributed by atoms with Crippen LogP contribution in [0.2, 0.25) is 0 Å². The first-order valence-corrected chi connectivity index (χ1v) is 5.78. The van der Waals surface area contributed by atoms with Gasteiger partial charge >= 0.3 is 0 Å². The Morgan fingerprint density at radius 2 is 1.93 bits per heavy atom. The van der Waals surface area contributed by atoms with Gasteiger partial charge in [0.15, 0.2) is 0 Å². The average Bonchev–Trinajstić information content (AvgIpc) is 2.23. The molecule has 0 aromatic heterocycles. The van der Waals surface area contributed by atoms with Gasteiger partial charge in [0.1, 0.15) is 6.10 Å². The van der Waals surface area contributed by atoms with E-state index in [-0.39, 0.29) is 18.3 Å². The lowest BCUT2D eigenvalue weighted by atomic mass is 9.88. The molecular formula is C11H22O4. The minimum atomic E-state index is -0.353. The minimum Gasteiger partial charge on any atom is -0.390 e. The fraction of sp³-hybridized carbons (Fsp3) is 1.00. The first kappa shape index (κ1) is 12.9. The van der Waals surface area contributed by atoms with Crippen LogP contribution in [0.4, 0.5) is 0 Å². The van der Waals surface area contributed by atoms with Crippen LogP contribution in [0.3, 0.4) is 0 Å². The van der Waals surface area contributed by atoms with Gasteiger partial charge < -0.3 is 19.3 Å². The van der Waals surface area contributed by atoms with Gasteiger partial charge in [-0.1, -0.05) is 6.92 Å². The van der Waals surface area contributed by atoms with Gasteiger partial charge in [0.05, 0.1) is 25.4 Å². The molecule has 1 saturated carbocycles. The zero-order valence-corrected chi connectivity index (χ0v) is 9.65. The smallest absolute Gasteiger partial charge is 0.110 e. The normalized spacial score (nSPS) is 30.2. The molecule has 1 rings (SSSR count). The molecule has 1 N–H and O–H groups in total. The predicted molar refractivity (Wildman–Crippen MR) is 56.9 cm³/mol. The lowest BCUT2D eigenvalue weighted by Gasteiger charge is -2.40. The Kier molecular flexibility index (Phi) is 6.17. The van der Waals surface area contributed by atoms with Crippen LogP contribution in [0, 0.1) is 0 Å². The summed E-state index contributed by atoms with van der Waals surface area (Å²) in [5, 5.41) is 9.47. The van der Waals surface area contributed by atoms with E-state index in [0.717, 1.165) is 6.42 Å². The van der Waals surface area contributed by atoms with Crippen molar-refractivity contribution < 1.29 is 19.3 Å². The summed E-state index contributed by atoms with van der Waals surface area (Å²) in [7, 11) is 0. The van der Waals surface area contributed by atoms with Gasteiger partial charge in [-0.3, -0.25) is 0 Å². The van der Waals surface area contributed by atoms with Gasteiger partial charge in [0.2, 0.25) is 0 Å². The van der Waals surface area contributed by atoms with E-state index in [9.17, 15) is 5.11 Å². The van der Waals surface area contributed by atoms with E-state index in [1.165, 1.54) is 0 Å². The van der Waals surface area contributed by atoms with Crippen molar-refractivity contribution in [1.82, 2.24) is 0 Å². The SMILES string of the molecule is CCCOC1C(O)CC1OCCOCC. The highest BCUT2D eigenvalue weighted by atomic mass is 16.6. The summed E-state index contributed by atoms with van der Waals surface area (Å²) in [5.41, 5.74) is 0. The van der Waals surface area contributed by atoms with Gasteiger partial charge in [-0.15, -0.1) is 0 Å². The Morgan fingerprint density at radius 1 is 1.13 bits per heavy atom. The minimum absolute atomic E-state index is 0.0482. The third kappa shape index (κ3) is 4.07. The molecule has 90 valence electrons. The second kappa shape index (κ2) is 7.17. The maximum absolute atomic E-state index is 9.47. The molecule has 0 spiro atoms. The summed E-state index contributed by atoms with van der Waals surface area (Å²) in [6.45, 7) is 6.61. The Hall–Kier alpha value is -0.160. The molecule has 0 amide bonds. The molecule has 0 heterocycles. The van der Waals surface area contributed by atoms with E-state index in [2.05, 4.69) is 6.92 Å². The van der Waals surface area contributed by atoms with E-state index in [1.807, 2.05) is 6.92 Å². The average molecular weight is 218 g/mol. The van der Waals surface area contributed by atoms with Crippen LogP contribution in [0.1, 0.15) is 26.7 Å². The van der Waals surface area contributed by atoms with Crippen LogP contribution >= 0.6 is 0 Å². The fourth-order valence-electron chi connectivity index (χ4n) is 1.60. The van der Waals surface area contributed by atoms with Crippen molar-refractivity contribution in [2.75, 3.05) is 26.4 Å². The predicted octanol–water partition coefficient (Wildman–Crippen LogP) is 0.968. The van der Waals surface area contributed by atoms with Crippen molar-refractivity contribution >= 4 is 0 Å². The summed E-state index contributed by atoms with van der Waals surface area (Å²) in [5.74, 6) is 0. The summed E-state index contributed by atoms with van der Waals surface area (Å²) in [6.07, 6.45) is 1.21. The topological polar surface area (TPSA) is 47.9 Å². The maximum atomic E-state index is 9.47. The highest BCUT2D eigenvalue weighted by Gasteiger charge is 2.41. The molecule has 4 nitrogen and oxygen atoms in total. The Balaban J connectivity index is 2.08. The second-order valence-corrected chi connectivity index (χ2v) is 3.74. The Labute approximate surface area is 91.5 Å². The maximum Gasteiger partial charge on any atom is 0.110 e. The highest BCUT2D eigenvalue weighted by Crippen LogP contribution is 2.27. The molecule has 1 aliphatic rings. The summed E-state index contributed by atoms with van der Waals surface area (Å²) in [4.78, 5) is 0. The lowest BCUT2D eigenvalue weighted by molar-refractivity contribution is -0.195. The lowest BCUT2D eigenvalue weighted by Crippen LogP contribution is -2.54. The third-order valence-electron chi connectivity index (χ3n) is 2.50. The van der Waals surface area contributed by atoms with Crippen molar-refractivity contribution in [3.8, 4) is 0 Å². The van der Waals surface area contributed by atoms with Gasteiger partial charge in [-0.2, -0.15) is 0 Å². The molecule has 3 unspecified atom stereocenters. The van der Waals surface area contributed by atoms with Gasteiger partial charge in [0.25, 0.3) is 0 Å². The van der Waals surface area contributed by atoms with Gasteiger partial charge in [0, 0.05) is 19.6 Å². The number of hydrogen-bond donors (Lipinski definition) is 1. The molecular weight excluding hydrogens is 196 g/mol. The fourth-order valence-corrected chi connectivity index (χ4v) is 1.60. The Bertz CT molecular complexity index is 163. The molecule has 0 aromatic carbocycles. The number of ether oxygens (including phenoxy) is 3. The molecule has 3 atom stereocenters. The van der Waals surface area contributed by atoms with Crippen molar-refractivity contribution in [3.63, 3.8) is 0 Å². The molecule has 0 radical (unpaired) electrons. The van der Waals surface area contributed by atoms with Crippen LogP contribution in [0.15, 0.2) is 0 Å². The zero-order chi connectivity index (χ0) is 11.1. The van der Waals surface area contributed by atoms with Crippen LogP contribution < -0.4 is 0 Å². The van der Waals surface area contributed by atoms with Crippen molar-refractivity contribution in [2.24, 2.45) is 0 Å². The van der Waals surface area contributed by atoms with Crippen molar-refractivity contribution in [3.05, 3.63) is 0 Å². The Morgan fingerprint density at radius 3 is 2.53 bits per heavy atom. The first-order valence-electron chi connectivity index (χ1n) is 5.78. The molecule has 0 aromatic rings. The van der Waals surface area contributed by atoms with Crippen LogP contribution in [-0.2, 0) is 14.2 Å². The van der Waals surface area contributed by atoms with Crippen molar-refractivity contribution in [2.45, 2.75) is 45.0 Å². The summed E-state index contributed by atoms with van der Waals surface area (Å²) >= 11 is 0. The molecule has 0 aliphatic heterocycles. The van der Waals surface area contributed by atoms with E-state index in [4.69, 9.17) is 14.2 Å². The standard InChI is InChI=1S/C11H22O4/c1-3-5-15-11-9(12)8-10(11)14-7-6-13-4-2/h9-12H,3-8H2,1-2H3. The second-order valence-electron chi connectivity index (χ2n) is 3.74. The molecule has 4 heteroatoms. The van der Waals surface area contributed by atoms with Crippen molar-refractivity contribution in [1.29, 1.82) is 0 Å². The van der Waals surface area contributed by atoms with Crippen LogP contribution in [0.5, 0.6) is 0 Å². The highest BCUT2D eigenvalue weighted by molar-refractivity contribution is 4.91. The third-order valence-corrected chi connectivity index (χ3v) is 2.50. The number of hydrogen-bond acceptors (Lipinski definition) is 4. The van der Waals surface area contributed by atoms with E-state index in [0.29, 0.717) is 32.8 Å². The number of aliphatic hydroxyl groups excluding tert-OH is 1. The van der Waals surface area contributed by atoms with Crippen LogP contribution in [-0.4, -0.2) is 49.8 Å². The van der Waals surface area contributed by atoms with Crippen LogP contribution in [0.25, 0.3) is 0 Å². The molecule has 0 saturated heterocycles. The van der Waals surface area contributed by atoms with Gasteiger partial charge in [-0.25, -0.2) is 0 Å². The molecule has 0 bridgehead atoms. The zero-order valence-electron chi connectivity index (χ0n) is 9.65. The first-order chi connectivity index (χ1) is 7.29. The van der Waals surface area contributed by atoms with E-state index >= 15 is 0 Å². The largest absolute Gasteiger partial charge is 0.390 e. The number of rotatable bonds is 8. The van der Waals surface area contributed by atoms with E-state index in [1.54, 1.807) is 0 Å². The molecule has 1 fully saturated rings. The number of aliphatic hydroxyl groups is 1. The van der Waals surface area contributed by atoms with Gasteiger partial charge in [-0.05, 0) is 13.3 Å². The molecule has 15 heavy (non-hydrogen) atoms. The quantitative estimate of drug-likeness (QED) is 0.617. The summed E-state index contributed by atoms with van der Waals surface area (Å²) < 4.78 is 16.2. The monoisotopic (exact) mass is 218 g/mol. The summed E-state index contributed by atoms with van der Waals surface area (Å²) in [6, 6.07) is 0. The van der Waals surface area contributed by atoms with E-state index < -0.39 is 0 Å².